The SMILES string of the molecule is C[C@@H](O)CCC/C=C\C/C=C\CCCCCCCC(=O)O. The van der Waals surface area contributed by atoms with E-state index in [0.29, 0.717) is 6.42 Å². The van der Waals surface area contributed by atoms with Crippen molar-refractivity contribution in [2.24, 2.45) is 0 Å². The lowest BCUT2D eigenvalue weighted by Gasteiger charge is -1.99. The average Bonchev–Trinajstić information content (AvgIpc) is 2.42. The number of carboxylic acids is 1. The summed E-state index contributed by atoms with van der Waals surface area (Å²) in [7, 11) is 0. The van der Waals surface area contributed by atoms with Gasteiger partial charge in [0.25, 0.3) is 0 Å². The summed E-state index contributed by atoms with van der Waals surface area (Å²) in [5.74, 6) is -0.683. The summed E-state index contributed by atoms with van der Waals surface area (Å²) < 4.78 is 0. The molecule has 0 saturated carbocycles. The first-order valence-corrected chi connectivity index (χ1v) is 8.32. The van der Waals surface area contributed by atoms with E-state index in [9.17, 15) is 4.79 Å². The Morgan fingerprint density at radius 2 is 1.48 bits per heavy atom. The molecule has 3 nitrogen and oxygen atoms in total. The minimum absolute atomic E-state index is 0.178. The lowest BCUT2D eigenvalue weighted by molar-refractivity contribution is -0.137. The first-order valence-electron chi connectivity index (χ1n) is 8.32. The van der Waals surface area contributed by atoms with Gasteiger partial charge in [-0.1, -0.05) is 43.6 Å². The molecule has 0 bridgehead atoms. The molecular formula is C18H32O3. The number of aliphatic carboxylic acids is 1. The normalized spacial score (nSPS) is 13.2. The minimum Gasteiger partial charge on any atom is -0.481 e. The summed E-state index contributed by atoms with van der Waals surface area (Å²) in [6, 6.07) is 0. The van der Waals surface area contributed by atoms with E-state index >= 15 is 0 Å². The maximum atomic E-state index is 10.3. The van der Waals surface area contributed by atoms with Crippen LogP contribution >= 0.6 is 0 Å². The summed E-state index contributed by atoms with van der Waals surface area (Å²) >= 11 is 0. The molecule has 3 heteroatoms. The third kappa shape index (κ3) is 18.9. The van der Waals surface area contributed by atoms with Crippen molar-refractivity contribution in [2.75, 3.05) is 0 Å². The van der Waals surface area contributed by atoms with Gasteiger partial charge in [-0.25, -0.2) is 0 Å². The highest BCUT2D eigenvalue weighted by Gasteiger charge is 1.95. The van der Waals surface area contributed by atoms with Crippen LogP contribution in [0.1, 0.15) is 77.6 Å². The predicted octanol–water partition coefficient (Wildman–Crippen LogP) is 4.86. The largest absolute Gasteiger partial charge is 0.481 e. The Kier molecular flexibility index (Phi) is 14.5. The van der Waals surface area contributed by atoms with Gasteiger partial charge in [-0.15, -0.1) is 0 Å². The van der Waals surface area contributed by atoms with E-state index in [1.54, 1.807) is 0 Å². The van der Waals surface area contributed by atoms with Crippen LogP contribution in [0.15, 0.2) is 24.3 Å². The maximum absolute atomic E-state index is 10.3. The molecule has 0 rings (SSSR count). The number of hydrogen-bond donors (Lipinski definition) is 2. The Hall–Kier alpha value is -1.09. The van der Waals surface area contributed by atoms with Crippen LogP contribution in [0.5, 0.6) is 0 Å². The summed E-state index contributed by atoms with van der Waals surface area (Å²) in [5, 5.41) is 17.6. The van der Waals surface area contributed by atoms with E-state index in [-0.39, 0.29) is 6.10 Å². The van der Waals surface area contributed by atoms with Crippen molar-refractivity contribution in [2.45, 2.75) is 83.7 Å². The summed E-state index contributed by atoms with van der Waals surface area (Å²) in [6.07, 6.45) is 19.4. The van der Waals surface area contributed by atoms with Crippen molar-refractivity contribution >= 4 is 5.97 Å². The Labute approximate surface area is 129 Å². The van der Waals surface area contributed by atoms with Crippen molar-refractivity contribution in [3.63, 3.8) is 0 Å². The van der Waals surface area contributed by atoms with E-state index in [0.717, 1.165) is 51.4 Å². The fourth-order valence-electron chi connectivity index (χ4n) is 2.11. The molecular weight excluding hydrogens is 264 g/mol. The standard InChI is InChI=1S/C18H32O3/c1-17(19)15-13-11-9-7-5-3-2-4-6-8-10-12-14-16-18(20)21/h2-3,7,9,17,19H,4-6,8,10-16H2,1H3,(H,20,21)/b3-2-,9-7-/t17-/m1/s1. The second-order valence-corrected chi connectivity index (χ2v) is 5.66. The van der Waals surface area contributed by atoms with E-state index in [1.807, 2.05) is 6.92 Å². The van der Waals surface area contributed by atoms with Gasteiger partial charge in [-0.2, -0.15) is 0 Å². The van der Waals surface area contributed by atoms with Gasteiger partial charge >= 0.3 is 5.97 Å². The van der Waals surface area contributed by atoms with Crippen LogP contribution in [-0.2, 0) is 4.79 Å². The molecule has 0 heterocycles. The van der Waals surface area contributed by atoms with Gasteiger partial charge in [0.2, 0.25) is 0 Å². The third-order valence-corrected chi connectivity index (χ3v) is 3.36. The van der Waals surface area contributed by atoms with E-state index in [1.165, 1.54) is 12.8 Å². The Morgan fingerprint density at radius 3 is 2.10 bits per heavy atom. The highest BCUT2D eigenvalue weighted by atomic mass is 16.4. The highest BCUT2D eigenvalue weighted by Crippen LogP contribution is 2.08. The first-order chi connectivity index (χ1) is 10.1. The second kappa shape index (κ2) is 15.3. The first kappa shape index (κ1) is 19.9. The quantitative estimate of drug-likeness (QED) is 0.355. The van der Waals surface area contributed by atoms with Crippen molar-refractivity contribution in [1.82, 2.24) is 0 Å². The number of carbonyl (C=O) groups is 1. The molecule has 2 N–H and O–H groups in total. The van der Waals surface area contributed by atoms with Gasteiger partial charge in [0.1, 0.15) is 0 Å². The van der Waals surface area contributed by atoms with E-state index < -0.39 is 5.97 Å². The molecule has 0 spiro atoms. The molecule has 0 aromatic carbocycles. The van der Waals surface area contributed by atoms with Gasteiger partial charge in [0.15, 0.2) is 0 Å². The third-order valence-electron chi connectivity index (χ3n) is 3.36. The monoisotopic (exact) mass is 296 g/mol. The van der Waals surface area contributed by atoms with Crippen LogP contribution in [0.2, 0.25) is 0 Å². The summed E-state index contributed by atoms with van der Waals surface area (Å²) in [6.45, 7) is 1.83. The number of rotatable bonds is 14. The molecule has 0 fully saturated rings. The lowest BCUT2D eigenvalue weighted by atomic mass is 10.1. The molecule has 0 aliphatic heterocycles. The number of carboxylic acid groups (broad SMARTS) is 1. The van der Waals surface area contributed by atoms with Crippen LogP contribution in [0.3, 0.4) is 0 Å². The molecule has 0 aromatic rings. The van der Waals surface area contributed by atoms with Gasteiger partial charge in [-0.3, -0.25) is 4.79 Å². The Bertz CT molecular complexity index is 293. The van der Waals surface area contributed by atoms with E-state index in [2.05, 4.69) is 24.3 Å². The van der Waals surface area contributed by atoms with Crippen molar-refractivity contribution in [3.05, 3.63) is 24.3 Å². The average molecular weight is 296 g/mol. The van der Waals surface area contributed by atoms with Gasteiger partial charge in [0.05, 0.1) is 6.10 Å². The van der Waals surface area contributed by atoms with Crippen molar-refractivity contribution in [1.29, 1.82) is 0 Å². The number of unbranched alkanes of at least 4 members (excludes halogenated alkanes) is 6. The summed E-state index contributed by atoms with van der Waals surface area (Å²) in [4.78, 5) is 10.3. The Balaban J connectivity index is 3.22. The fraction of sp³-hybridized carbons (Fsp3) is 0.722. The molecule has 0 unspecified atom stereocenters. The smallest absolute Gasteiger partial charge is 0.303 e. The van der Waals surface area contributed by atoms with Crippen LogP contribution in [0, 0.1) is 0 Å². The van der Waals surface area contributed by atoms with E-state index in [4.69, 9.17) is 10.2 Å². The molecule has 1 atom stereocenters. The highest BCUT2D eigenvalue weighted by molar-refractivity contribution is 5.66. The Morgan fingerprint density at radius 1 is 0.905 bits per heavy atom. The molecule has 0 aliphatic carbocycles. The van der Waals surface area contributed by atoms with Crippen LogP contribution in [0.25, 0.3) is 0 Å². The zero-order valence-corrected chi connectivity index (χ0v) is 13.5. The van der Waals surface area contributed by atoms with Crippen LogP contribution in [-0.4, -0.2) is 22.3 Å². The van der Waals surface area contributed by atoms with Crippen LogP contribution < -0.4 is 0 Å². The number of aliphatic hydroxyl groups is 1. The zero-order chi connectivity index (χ0) is 15.8. The summed E-state index contributed by atoms with van der Waals surface area (Å²) in [5.41, 5.74) is 0. The molecule has 122 valence electrons. The lowest BCUT2D eigenvalue weighted by Crippen LogP contribution is -1.97. The van der Waals surface area contributed by atoms with Crippen molar-refractivity contribution in [3.8, 4) is 0 Å². The number of aliphatic hydroxyl groups excluding tert-OH is 1. The number of hydrogen-bond acceptors (Lipinski definition) is 2. The molecule has 0 aliphatic rings. The molecule has 0 radical (unpaired) electrons. The zero-order valence-electron chi connectivity index (χ0n) is 13.5. The topological polar surface area (TPSA) is 57.5 Å². The van der Waals surface area contributed by atoms with Gasteiger partial charge in [-0.05, 0) is 51.9 Å². The number of allylic oxidation sites excluding steroid dienone is 4. The predicted molar refractivity (Wildman–Crippen MR) is 88.4 cm³/mol. The van der Waals surface area contributed by atoms with Gasteiger partial charge < -0.3 is 10.2 Å². The second-order valence-electron chi connectivity index (χ2n) is 5.66. The van der Waals surface area contributed by atoms with Crippen molar-refractivity contribution < 1.29 is 15.0 Å². The maximum Gasteiger partial charge on any atom is 0.303 e. The molecule has 0 saturated heterocycles. The molecule has 21 heavy (non-hydrogen) atoms. The fourth-order valence-corrected chi connectivity index (χ4v) is 2.11. The van der Waals surface area contributed by atoms with Gasteiger partial charge in [0, 0.05) is 6.42 Å². The minimum atomic E-state index is -0.683. The molecule has 0 amide bonds. The molecule has 0 aromatic heterocycles. The van der Waals surface area contributed by atoms with Crippen LogP contribution in [0.4, 0.5) is 0 Å².